The van der Waals surface area contributed by atoms with Crippen LogP contribution < -0.4 is 0 Å². The molecule has 0 bridgehead atoms. The van der Waals surface area contributed by atoms with Gasteiger partial charge in [-0.1, -0.05) is 22.9 Å². The van der Waals surface area contributed by atoms with Crippen LogP contribution in [0.2, 0.25) is 0 Å². The van der Waals surface area contributed by atoms with Crippen LogP contribution in [-0.4, -0.2) is 30.6 Å². The van der Waals surface area contributed by atoms with Crippen molar-refractivity contribution >= 4 is 21.9 Å². The zero-order chi connectivity index (χ0) is 13.5. The number of hydrogen-bond donors (Lipinski definition) is 0. The molecule has 0 aliphatic heterocycles. The molecule has 0 saturated heterocycles. The van der Waals surface area contributed by atoms with Crippen molar-refractivity contribution < 1.29 is 13.9 Å². The standard InChI is InChI=1S/C13H17BrFNO2/c1-3-16(9-13(17)18-4-2)8-10-5-11(14)7-12(15)6-10/h5-7H,3-4,8-9H2,1-2H3. The van der Waals surface area contributed by atoms with Crippen LogP contribution in [-0.2, 0) is 16.1 Å². The van der Waals surface area contributed by atoms with E-state index in [1.807, 2.05) is 17.9 Å². The largest absolute Gasteiger partial charge is 0.465 e. The molecule has 0 radical (unpaired) electrons. The van der Waals surface area contributed by atoms with Crippen molar-refractivity contribution in [3.05, 3.63) is 34.1 Å². The highest BCUT2D eigenvalue weighted by Gasteiger charge is 2.11. The van der Waals surface area contributed by atoms with Gasteiger partial charge in [0.25, 0.3) is 0 Å². The molecule has 3 nitrogen and oxygen atoms in total. The van der Waals surface area contributed by atoms with Gasteiger partial charge in [0, 0.05) is 11.0 Å². The molecule has 0 saturated carbocycles. The second-order valence-electron chi connectivity index (χ2n) is 3.89. The van der Waals surface area contributed by atoms with Gasteiger partial charge >= 0.3 is 5.97 Å². The number of halogens is 2. The topological polar surface area (TPSA) is 29.5 Å². The van der Waals surface area contributed by atoms with E-state index >= 15 is 0 Å². The minimum Gasteiger partial charge on any atom is -0.465 e. The average molecular weight is 318 g/mol. The Balaban J connectivity index is 2.64. The molecule has 0 fully saturated rings. The van der Waals surface area contributed by atoms with E-state index in [1.54, 1.807) is 6.92 Å². The van der Waals surface area contributed by atoms with E-state index in [4.69, 9.17) is 4.74 Å². The van der Waals surface area contributed by atoms with Crippen molar-refractivity contribution in [2.24, 2.45) is 0 Å². The van der Waals surface area contributed by atoms with Gasteiger partial charge in [0.15, 0.2) is 0 Å². The molecule has 0 atom stereocenters. The van der Waals surface area contributed by atoms with Crippen molar-refractivity contribution in [3.63, 3.8) is 0 Å². The van der Waals surface area contributed by atoms with Crippen LogP contribution >= 0.6 is 15.9 Å². The molecule has 0 aromatic heterocycles. The highest BCUT2D eigenvalue weighted by molar-refractivity contribution is 9.10. The van der Waals surface area contributed by atoms with Gasteiger partial charge in [-0.25, -0.2) is 4.39 Å². The third-order valence-electron chi connectivity index (χ3n) is 2.43. The zero-order valence-electron chi connectivity index (χ0n) is 10.6. The van der Waals surface area contributed by atoms with Crippen LogP contribution in [0.1, 0.15) is 19.4 Å². The molecule has 5 heteroatoms. The van der Waals surface area contributed by atoms with Gasteiger partial charge in [-0.3, -0.25) is 9.69 Å². The molecule has 1 aromatic carbocycles. The Kier molecular flexibility index (Phi) is 6.29. The number of rotatable bonds is 6. The minimum atomic E-state index is -0.286. The molecular formula is C13H17BrFNO2. The lowest BCUT2D eigenvalue weighted by Crippen LogP contribution is -2.30. The van der Waals surface area contributed by atoms with E-state index in [0.29, 0.717) is 24.2 Å². The predicted molar refractivity (Wildman–Crippen MR) is 71.7 cm³/mol. The summed E-state index contributed by atoms with van der Waals surface area (Å²) in [5, 5.41) is 0. The number of carbonyl (C=O) groups is 1. The van der Waals surface area contributed by atoms with E-state index in [2.05, 4.69) is 15.9 Å². The van der Waals surface area contributed by atoms with Crippen LogP contribution in [0.4, 0.5) is 4.39 Å². The Morgan fingerprint density at radius 3 is 2.67 bits per heavy atom. The normalized spacial score (nSPS) is 10.7. The first-order valence-electron chi connectivity index (χ1n) is 5.88. The third-order valence-corrected chi connectivity index (χ3v) is 2.89. The maximum Gasteiger partial charge on any atom is 0.320 e. The number of hydrogen-bond acceptors (Lipinski definition) is 3. The fourth-order valence-corrected chi connectivity index (χ4v) is 2.14. The maximum atomic E-state index is 13.2. The van der Waals surface area contributed by atoms with E-state index in [9.17, 15) is 9.18 Å². The third kappa shape index (κ3) is 5.14. The lowest BCUT2D eigenvalue weighted by atomic mass is 10.2. The average Bonchev–Trinajstić information content (AvgIpc) is 2.27. The molecular weight excluding hydrogens is 301 g/mol. The van der Waals surface area contributed by atoms with E-state index < -0.39 is 0 Å². The fourth-order valence-electron chi connectivity index (χ4n) is 1.63. The van der Waals surface area contributed by atoms with Crippen LogP contribution in [0.25, 0.3) is 0 Å². The minimum absolute atomic E-state index is 0.221. The summed E-state index contributed by atoms with van der Waals surface area (Å²) in [6.45, 7) is 5.55. The number of nitrogens with zero attached hydrogens (tertiary/aromatic N) is 1. The lowest BCUT2D eigenvalue weighted by Gasteiger charge is -2.19. The second kappa shape index (κ2) is 7.48. The quantitative estimate of drug-likeness (QED) is 0.755. The van der Waals surface area contributed by atoms with Crippen molar-refractivity contribution in [2.45, 2.75) is 20.4 Å². The van der Waals surface area contributed by atoms with Crippen molar-refractivity contribution in [1.82, 2.24) is 4.90 Å². The second-order valence-corrected chi connectivity index (χ2v) is 4.80. The summed E-state index contributed by atoms with van der Waals surface area (Å²) in [7, 11) is 0. The Labute approximate surface area is 115 Å². The Morgan fingerprint density at radius 2 is 2.11 bits per heavy atom. The summed E-state index contributed by atoms with van der Waals surface area (Å²) in [5.74, 6) is -0.540. The molecule has 0 unspecified atom stereocenters. The van der Waals surface area contributed by atoms with Gasteiger partial charge < -0.3 is 4.74 Å². The SMILES string of the molecule is CCOC(=O)CN(CC)Cc1cc(F)cc(Br)c1. The summed E-state index contributed by atoms with van der Waals surface area (Å²) in [4.78, 5) is 13.3. The smallest absolute Gasteiger partial charge is 0.320 e. The Bertz CT molecular complexity index is 392. The van der Waals surface area contributed by atoms with Crippen LogP contribution in [0.3, 0.4) is 0 Å². The fraction of sp³-hybridized carbons (Fsp3) is 0.462. The predicted octanol–water partition coefficient (Wildman–Crippen LogP) is 2.97. The molecule has 100 valence electrons. The van der Waals surface area contributed by atoms with Crippen LogP contribution in [0.15, 0.2) is 22.7 Å². The van der Waals surface area contributed by atoms with Gasteiger partial charge in [-0.2, -0.15) is 0 Å². The number of esters is 1. The summed E-state index contributed by atoms with van der Waals surface area (Å²) < 4.78 is 18.8. The van der Waals surface area contributed by atoms with E-state index in [0.717, 1.165) is 5.56 Å². The van der Waals surface area contributed by atoms with Gasteiger partial charge in [0.05, 0.1) is 13.2 Å². The molecule has 0 aliphatic rings. The monoisotopic (exact) mass is 317 g/mol. The van der Waals surface area contributed by atoms with Crippen LogP contribution in [0, 0.1) is 5.82 Å². The summed E-state index contributed by atoms with van der Waals surface area (Å²) in [6, 6.07) is 4.72. The first-order chi connectivity index (χ1) is 8.55. The first kappa shape index (κ1) is 15.1. The van der Waals surface area contributed by atoms with Crippen molar-refractivity contribution in [1.29, 1.82) is 0 Å². The molecule has 0 amide bonds. The van der Waals surface area contributed by atoms with Gasteiger partial charge in [0.2, 0.25) is 0 Å². The van der Waals surface area contributed by atoms with Gasteiger partial charge in [-0.05, 0) is 37.2 Å². The number of carbonyl (C=O) groups excluding carboxylic acids is 1. The molecule has 0 spiro atoms. The van der Waals surface area contributed by atoms with Crippen molar-refractivity contribution in [3.8, 4) is 0 Å². The molecule has 1 rings (SSSR count). The van der Waals surface area contributed by atoms with Crippen molar-refractivity contribution in [2.75, 3.05) is 19.7 Å². The Morgan fingerprint density at radius 1 is 1.39 bits per heavy atom. The number of ether oxygens (including phenoxy) is 1. The molecule has 0 aliphatic carbocycles. The molecule has 0 N–H and O–H groups in total. The molecule has 18 heavy (non-hydrogen) atoms. The summed E-state index contributed by atoms with van der Waals surface area (Å²) >= 11 is 3.25. The molecule has 1 aromatic rings. The number of likely N-dealkylation sites (N-methyl/N-ethyl adjacent to an activating group) is 1. The summed E-state index contributed by atoms with van der Waals surface area (Å²) in [6.07, 6.45) is 0. The maximum absolute atomic E-state index is 13.2. The number of benzene rings is 1. The van der Waals surface area contributed by atoms with Crippen LogP contribution in [0.5, 0.6) is 0 Å². The highest BCUT2D eigenvalue weighted by atomic mass is 79.9. The van der Waals surface area contributed by atoms with E-state index in [-0.39, 0.29) is 18.3 Å². The highest BCUT2D eigenvalue weighted by Crippen LogP contribution is 2.16. The van der Waals surface area contributed by atoms with Gasteiger partial charge in [0.1, 0.15) is 5.82 Å². The Hall–Kier alpha value is -0.940. The molecule has 0 heterocycles. The first-order valence-corrected chi connectivity index (χ1v) is 6.67. The zero-order valence-corrected chi connectivity index (χ0v) is 12.2. The van der Waals surface area contributed by atoms with E-state index in [1.165, 1.54) is 12.1 Å². The van der Waals surface area contributed by atoms with Gasteiger partial charge in [-0.15, -0.1) is 0 Å². The summed E-state index contributed by atoms with van der Waals surface area (Å²) in [5.41, 5.74) is 0.827. The lowest BCUT2D eigenvalue weighted by molar-refractivity contribution is -0.144.